The Morgan fingerprint density at radius 3 is 2.36 bits per heavy atom. The number of fused-ring (bicyclic) bond motifs is 1. The van der Waals surface area contributed by atoms with Gasteiger partial charge in [0, 0.05) is 5.02 Å². The first-order chi connectivity index (χ1) is 10.4. The van der Waals surface area contributed by atoms with E-state index in [1.807, 2.05) is 6.92 Å². The summed E-state index contributed by atoms with van der Waals surface area (Å²) < 4.78 is 1.60. The molecule has 2 heterocycles. The van der Waals surface area contributed by atoms with Crippen molar-refractivity contribution in [3.63, 3.8) is 0 Å². The minimum Gasteiger partial charge on any atom is -0.383 e. The normalized spacial score (nSPS) is 11.3. The summed E-state index contributed by atoms with van der Waals surface area (Å²) in [5, 5.41) is 6.50. The Kier molecular flexibility index (Phi) is 3.89. The van der Waals surface area contributed by atoms with Crippen LogP contribution in [0.15, 0.2) is 12.1 Å². The molecule has 3 rings (SSSR count). The first kappa shape index (κ1) is 15.3. The molecule has 3 aromatic rings. The minimum absolute atomic E-state index is 0.388. The number of aromatic nitrogens is 4. The molecule has 22 heavy (non-hydrogen) atoms. The van der Waals surface area contributed by atoms with Crippen LogP contribution in [0.3, 0.4) is 0 Å². The number of nitrogens with zero attached hydrogens (tertiary/aromatic N) is 4. The molecule has 8 heteroatoms. The van der Waals surface area contributed by atoms with Crippen molar-refractivity contribution in [3.05, 3.63) is 38.7 Å². The third kappa shape index (κ3) is 2.39. The average molecular weight is 357 g/mol. The number of aryl methyl sites for hydroxylation is 2. The average Bonchev–Trinajstić information content (AvgIpc) is 2.76. The van der Waals surface area contributed by atoms with E-state index in [1.54, 1.807) is 23.7 Å². The van der Waals surface area contributed by atoms with Gasteiger partial charge < -0.3 is 5.73 Å². The van der Waals surface area contributed by atoms with Crippen LogP contribution in [-0.2, 0) is 6.42 Å². The third-order valence-electron chi connectivity index (χ3n) is 3.27. The third-order valence-corrected chi connectivity index (χ3v) is 4.06. The van der Waals surface area contributed by atoms with Crippen molar-refractivity contribution >= 4 is 51.7 Å². The number of benzene rings is 1. The van der Waals surface area contributed by atoms with Crippen LogP contribution in [0.25, 0.3) is 16.7 Å². The van der Waals surface area contributed by atoms with Gasteiger partial charge in [0.15, 0.2) is 5.65 Å². The number of nitrogens with two attached hydrogens (primary N) is 1. The Balaban J connectivity index is 2.42. The van der Waals surface area contributed by atoms with Gasteiger partial charge in [0.25, 0.3) is 0 Å². The van der Waals surface area contributed by atoms with E-state index in [0.717, 1.165) is 11.1 Å². The number of hydrogen-bond donors (Lipinski definition) is 1. The van der Waals surface area contributed by atoms with Gasteiger partial charge >= 0.3 is 0 Å². The molecule has 0 aliphatic heterocycles. The summed E-state index contributed by atoms with van der Waals surface area (Å²) in [5.74, 6) is 0.946. The Hall–Kier alpha value is -1.56. The molecule has 0 bridgehead atoms. The van der Waals surface area contributed by atoms with Crippen molar-refractivity contribution < 1.29 is 0 Å². The molecule has 2 aromatic heterocycles. The molecule has 0 atom stereocenters. The summed E-state index contributed by atoms with van der Waals surface area (Å²) in [6, 6.07) is 3.22. The molecule has 0 saturated heterocycles. The number of hydrogen-bond acceptors (Lipinski definition) is 4. The van der Waals surface area contributed by atoms with Crippen LogP contribution < -0.4 is 5.73 Å². The summed E-state index contributed by atoms with van der Waals surface area (Å²) in [6.07, 6.45) is 0.683. The van der Waals surface area contributed by atoms with Crippen LogP contribution in [-0.4, -0.2) is 19.7 Å². The first-order valence-electron chi connectivity index (χ1n) is 6.59. The lowest BCUT2D eigenvalue weighted by molar-refractivity contribution is 0.852. The molecule has 0 aliphatic carbocycles. The number of rotatable bonds is 2. The fourth-order valence-corrected chi connectivity index (χ4v) is 3.34. The van der Waals surface area contributed by atoms with Crippen LogP contribution in [0.4, 0.5) is 5.82 Å². The van der Waals surface area contributed by atoms with Gasteiger partial charge in [0.05, 0.1) is 21.1 Å². The van der Waals surface area contributed by atoms with Gasteiger partial charge in [-0.25, -0.2) is 14.6 Å². The standard InChI is InChI=1S/C14H12Cl3N5/c1-3-10-11-13(18)19-6(2)20-14(11)22(21-10)12-8(16)4-7(15)5-9(12)17/h4-5H,3H2,1-2H3,(H2,18,19,20). The summed E-state index contributed by atoms with van der Waals surface area (Å²) >= 11 is 18.6. The second kappa shape index (κ2) is 5.57. The molecule has 0 spiro atoms. The molecule has 0 saturated carbocycles. The van der Waals surface area contributed by atoms with E-state index >= 15 is 0 Å². The number of halogens is 3. The maximum Gasteiger partial charge on any atom is 0.169 e. The summed E-state index contributed by atoms with van der Waals surface area (Å²) in [7, 11) is 0. The van der Waals surface area contributed by atoms with Crippen LogP contribution in [0, 0.1) is 6.92 Å². The molecule has 0 fully saturated rings. The first-order valence-corrected chi connectivity index (χ1v) is 7.72. The predicted octanol–water partition coefficient (Wildman–Crippen LogP) is 4.23. The van der Waals surface area contributed by atoms with Crippen molar-refractivity contribution in [2.45, 2.75) is 20.3 Å². The van der Waals surface area contributed by atoms with E-state index in [4.69, 9.17) is 40.5 Å². The SMILES string of the molecule is CCc1nn(-c2c(Cl)cc(Cl)cc2Cl)c2nc(C)nc(N)c12. The van der Waals surface area contributed by atoms with E-state index in [9.17, 15) is 0 Å². The van der Waals surface area contributed by atoms with Crippen LogP contribution in [0.5, 0.6) is 0 Å². The molecule has 114 valence electrons. The van der Waals surface area contributed by atoms with Gasteiger partial charge in [-0.1, -0.05) is 41.7 Å². The van der Waals surface area contributed by atoms with E-state index < -0.39 is 0 Å². The zero-order valence-corrected chi connectivity index (χ0v) is 14.1. The lowest BCUT2D eigenvalue weighted by Gasteiger charge is -2.09. The molecule has 1 aromatic carbocycles. The molecule has 2 N–H and O–H groups in total. The molecular weight excluding hydrogens is 345 g/mol. The molecule has 0 radical (unpaired) electrons. The largest absolute Gasteiger partial charge is 0.383 e. The molecule has 0 amide bonds. The Morgan fingerprint density at radius 2 is 1.77 bits per heavy atom. The van der Waals surface area contributed by atoms with Crippen LogP contribution in [0.1, 0.15) is 18.4 Å². The monoisotopic (exact) mass is 355 g/mol. The number of anilines is 1. The fraction of sp³-hybridized carbons (Fsp3) is 0.214. The zero-order chi connectivity index (χ0) is 16.0. The molecule has 0 unspecified atom stereocenters. The van der Waals surface area contributed by atoms with Crippen molar-refractivity contribution in [2.24, 2.45) is 0 Å². The van der Waals surface area contributed by atoms with Crippen molar-refractivity contribution in [2.75, 3.05) is 5.73 Å². The summed E-state index contributed by atoms with van der Waals surface area (Å²) in [4.78, 5) is 8.65. The van der Waals surface area contributed by atoms with E-state index in [-0.39, 0.29) is 0 Å². The quantitative estimate of drug-likeness (QED) is 0.746. The van der Waals surface area contributed by atoms with Crippen molar-refractivity contribution in [1.82, 2.24) is 19.7 Å². The lowest BCUT2D eigenvalue weighted by atomic mass is 10.2. The Bertz CT molecular complexity index is 865. The van der Waals surface area contributed by atoms with Gasteiger partial charge in [0.2, 0.25) is 0 Å². The maximum atomic E-state index is 6.30. The zero-order valence-electron chi connectivity index (χ0n) is 11.9. The van der Waals surface area contributed by atoms with E-state index in [1.165, 1.54) is 0 Å². The van der Waals surface area contributed by atoms with Crippen molar-refractivity contribution in [1.29, 1.82) is 0 Å². The maximum absolute atomic E-state index is 6.30. The molecule has 0 aliphatic rings. The van der Waals surface area contributed by atoms with Gasteiger partial charge in [-0.15, -0.1) is 0 Å². The predicted molar refractivity (Wildman–Crippen MR) is 90.2 cm³/mol. The van der Waals surface area contributed by atoms with Gasteiger partial charge in [-0.2, -0.15) is 5.10 Å². The molecular formula is C14H12Cl3N5. The van der Waals surface area contributed by atoms with Gasteiger partial charge in [0.1, 0.15) is 17.3 Å². The second-order valence-electron chi connectivity index (χ2n) is 4.78. The van der Waals surface area contributed by atoms with Crippen LogP contribution in [0.2, 0.25) is 15.1 Å². The Labute approximate surface area is 142 Å². The molecule has 5 nitrogen and oxygen atoms in total. The highest BCUT2D eigenvalue weighted by atomic mass is 35.5. The second-order valence-corrected chi connectivity index (χ2v) is 6.04. The van der Waals surface area contributed by atoms with E-state index in [0.29, 0.717) is 44.5 Å². The van der Waals surface area contributed by atoms with E-state index in [2.05, 4.69) is 15.1 Å². The Morgan fingerprint density at radius 1 is 1.14 bits per heavy atom. The van der Waals surface area contributed by atoms with Gasteiger partial charge in [-0.3, -0.25) is 0 Å². The summed E-state index contributed by atoms with van der Waals surface area (Å²) in [5.41, 5.74) is 7.92. The highest BCUT2D eigenvalue weighted by Crippen LogP contribution is 2.35. The highest BCUT2D eigenvalue weighted by molar-refractivity contribution is 6.40. The summed E-state index contributed by atoms with van der Waals surface area (Å²) in [6.45, 7) is 3.75. The van der Waals surface area contributed by atoms with Crippen molar-refractivity contribution in [3.8, 4) is 5.69 Å². The number of nitrogen functional groups attached to an aromatic ring is 1. The highest BCUT2D eigenvalue weighted by Gasteiger charge is 2.20. The minimum atomic E-state index is 0.388. The van der Waals surface area contributed by atoms with Crippen LogP contribution >= 0.6 is 34.8 Å². The fourth-order valence-electron chi connectivity index (χ4n) is 2.37. The van der Waals surface area contributed by atoms with Gasteiger partial charge in [-0.05, 0) is 25.5 Å². The smallest absolute Gasteiger partial charge is 0.169 e. The lowest BCUT2D eigenvalue weighted by Crippen LogP contribution is -2.02. The topological polar surface area (TPSA) is 69.6 Å².